The summed E-state index contributed by atoms with van der Waals surface area (Å²) in [6.07, 6.45) is 8.76. The predicted octanol–water partition coefficient (Wildman–Crippen LogP) is 2.61. The van der Waals surface area contributed by atoms with Crippen LogP contribution in [0.5, 0.6) is 11.6 Å². The lowest BCUT2D eigenvalue weighted by molar-refractivity contribution is -0.116. The molecule has 4 aromatic rings. The average molecular weight is 609 g/mol. The largest absolute Gasteiger partial charge is 0.491 e. The van der Waals surface area contributed by atoms with Gasteiger partial charge in [0.05, 0.1) is 56.0 Å². The summed E-state index contributed by atoms with van der Waals surface area (Å²) in [6, 6.07) is 13.5. The summed E-state index contributed by atoms with van der Waals surface area (Å²) in [7, 11) is 1.64. The van der Waals surface area contributed by atoms with Crippen LogP contribution in [0.25, 0.3) is 16.6 Å². The van der Waals surface area contributed by atoms with Crippen molar-refractivity contribution in [3.63, 3.8) is 0 Å². The van der Waals surface area contributed by atoms with Crippen LogP contribution in [0, 0.1) is 11.3 Å². The lowest BCUT2D eigenvalue weighted by atomic mass is 9.87. The van der Waals surface area contributed by atoms with Crippen LogP contribution in [0.4, 0.5) is 5.82 Å². The van der Waals surface area contributed by atoms with Crippen molar-refractivity contribution < 1.29 is 18.9 Å². The third-order valence-electron chi connectivity index (χ3n) is 9.52. The number of aromatic nitrogens is 4. The van der Waals surface area contributed by atoms with Crippen LogP contribution in [0.3, 0.4) is 0 Å². The summed E-state index contributed by atoms with van der Waals surface area (Å²) < 4.78 is 24.8. The number of methoxy groups -OCH3 is 1. The second-order valence-electron chi connectivity index (χ2n) is 12.2. The van der Waals surface area contributed by atoms with Gasteiger partial charge in [0.2, 0.25) is 5.88 Å². The summed E-state index contributed by atoms with van der Waals surface area (Å²) in [5, 5.41) is 14.2. The maximum absolute atomic E-state index is 9.80. The highest BCUT2D eigenvalue weighted by molar-refractivity contribution is 5.85. The molecule has 0 radical (unpaired) electrons. The number of hydrogen-bond acceptors (Lipinski definition) is 11. The van der Waals surface area contributed by atoms with Crippen LogP contribution in [0.1, 0.15) is 17.5 Å². The van der Waals surface area contributed by atoms with Gasteiger partial charge in [-0.25, -0.2) is 14.5 Å². The Morgan fingerprint density at radius 1 is 0.978 bits per heavy atom. The van der Waals surface area contributed by atoms with Crippen molar-refractivity contribution in [2.45, 2.75) is 37.3 Å². The summed E-state index contributed by atoms with van der Waals surface area (Å²) in [5.41, 5.74) is 4.26. The molecule has 12 nitrogen and oxygen atoms in total. The van der Waals surface area contributed by atoms with Crippen molar-refractivity contribution >= 4 is 11.3 Å². The number of piperazine rings is 1. The van der Waals surface area contributed by atoms with Gasteiger partial charge in [-0.3, -0.25) is 9.80 Å². The fourth-order valence-corrected chi connectivity index (χ4v) is 7.19. The molecule has 0 amide bonds. The van der Waals surface area contributed by atoms with Crippen molar-refractivity contribution in [1.82, 2.24) is 29.4 Å². The van der Waals surface area contributed by atoms with E-state index in [-0.39, 0.29) is 12.2 Å². The molecule has 0 N–H and O–H groups in total. The van der Waals surface area contributed by atoms with Crippen LogP contribution in [-0.4, -0.2) is 113 Å². The second-order valence-corrected chi connectivity index (χ2v) is 12.2. The Kier molecular flexibility index (Phi) is 7.46. The van der Waals surface area contributed by atoms with Crippen molar-refractivity contribution in [3.8, 4) is 28.8 Å². The van der Waals surface area contributed by atoms with Gasteiger partial charge in [0, 0.05) is 80.9 Å². The lowest BCUT2D eigenvalue weighted by Crippen LogP contribution is -2.68. The van der Waals surface area contributed by atoms with Gasteiger partial charge in [-0.2, -0.15) is 10.4 Å². The molecule has 9 heterocycles. The molecule has 4 atom stereocenters. The van der Waals surface area contributed by atoms with Crippen LogP contribution >= 0.6 is 0 Å². The summed E-state index contributed by atoms with van der Waals surface area (Å²) in [6.45, 7) is 7.13. The van der Waals surface area contributed by atoms with E-state index in [4.69, 9.17) is 23.9 Å². The minimum absolute atomic E-state index is 0.150. The van der Waals surface area contributed by atoms with E-state index in [0.717, 1.165) is 61.7 Å². The van der Waals surface area contributed by atoms with E-state index in [9.17, 15) is 5.26 Å². The first kappa shape index (κ1) is 28.2. The van der Waals surface area contributed by atoms with E-state index < -0.39 is 0 Å². The molecule has 0 saturated carbocycles. The number of anilines is 1. The molecule has 5 aliphatic heterocycles. The predicted molar refractivity (Wildman–Crippen MR) is 165 cm³/mol. The van der Waals surface area contributed by atoms with Crippen LogP contribution in [-0.2, 0) is 16.0 Å². The van der Waals surface area contributed by atoms with Crippen molar-refractivity contribution in [2.75, 3.05) is 64.6 Å². The molecule has 0 spiro atoms. The third-order valence-corrected chi connectivity index (χ3v) is 9.52. The minimum atomic E-state index is 0.150. The molecular formula is C33H36N8O4. The van der Waals surface area contributed by atoms with E-state index in [1.807, 2.05) is 30.7 Å². The Morgan fingerprint density at radius 2 is 1.80 bits per heavy atom. The van der Waals surface area contributed by atoms with Gasteiger partial charge >= 0.3 is 0 Å². The molecular weight excluding hydrogens is 572 g/mol. The number of piperidine rings is 1. The van der Waals surface area contributed by atoms with Crippen LogP contribution in [0.15, 0.2) is 55.1 Å². The van der Waals surface area contributed by atoms with Crippen molar-refractivity contribution in [2.24, 2.45) is 0 Å². The van der Waals surface area contributed by atoms with Gasteiger partial charge in [-0.1, -0.05) is 6.07 Å². The maximum atomic E-state index is 9.80. The van der Waals surface area contributed by atoms with Gasteiger partial charge in [0.25, 0.3) is 0 Å². The van der Waals surface area contributed by atoms with Crippen LogP contribution in [0.2, 0.25) is 0 Å². The van der Waals surface area contributed by atoms with E-state index in [1.54, 1.807) is 17.8 Å². The summed E-state index contributed by atoms with van der Waals surface area (Å²) in [5.74, 6) is 2.30. The zero-order valence-electron chi connectivity index (χ0n) is 25.3. The number of ether oxygens (including phenoxy) is 4. The maximum Gasteiger partial charge on any atom is 0.212 e. The number of rotatable bonds is 9. The minimum Gasteiger partial charge on any atom is -0.491 e. The van der Waals surface area contributed by atoms with Gasteiger partial charge < -0.3 is 23.8 Å². The molecule has 4 unspecified atom stereocenters. The van der Waals surface area contributed by atoms with Gasteiger partial charge in [0.1, 0.15) is 24.2 Å². The van der Waals surface area contributed by atoms with Crippen LogP contribution < -0.4 is 14.4 Å². The molecule has 0 aliphatic carbocycles. The average Bonchev–Trinajstić information content (AvgIpc) is 3.71. The Morgan fingerprint density at radius 3 is 2.49 bits per heavy atom. The highest BCUT2D eigenvalue weighted by atomic mass is 16.6. The molecule has 5 fully saturated rings. The van der Waals surface area contributed by atoms with Crippen molar-refractivity contribution in [3.05, 3.63) is 66.2 Å². The molecule has 4 aromatic heterocycles. The Balaban J connectivity index is 0.944. The number of hydrogen-bond donors (Lipinski definition) is 0. The van der Waals surface area contributed by atoms with E-state index in [0.29, 0.717) is 49.1 Å². The van der Waals surface area contributed by atoms with E-state index in [1.165, 1.54) is 12.0 Å². The number of pyridine rings is 3. The molecule has 2 bridgehead atoms. The smallest absolute Gasteiger partial charge is 0.212 e. The number of fused-ring (bicyclic) bond motifs is 4. The number of nitriles is 1. The Labute approximate surface area is 261 Å². The Hall–Kier alpha value is -4.28. The quantitative estimate of drug-likeness (QED) is 0.279. The third kappa shape index (κ3) is 5.46. The Bertz CT molecular complexity index is 1680. The summed E-state index contributed by atoms with van der Waals surface area (Å²) >= 11 is 0. The normalized spacial score (nSPS) is 24.7. The second kappa shape index (κ2) is 11.9. The van der Waals surface area contributed by atoms with Gasteiger partial charge in [-0.05, 0) is 30.2 Å². The number of likely N-dealkylation sites (tertiary alicyclic amines) is 1. The first-order chi connectivity index (χ1) is 22.1. The lowest BCUT2D eigenvalue weighted by Gasteiger charge is -2.56. The SMILES string of the molecule is COc1ccc(CN2C3CC2CN(c2ccc(-c4cc(OCCN5CC6OCCOC6C5)cn5ncc(C#N)c45)cn2)C3)cn1. The van der Waals surface area contributed by atoms with Gasteiger partial charge in [0.15, 0.2) is 0 Å². The fraction of sp³-hybridized carbons (Fsp3) is 0.455. The fourth-order valence-electron chi connectivity index (χ4n) is 7.19. The number of nitrogens with zero attached hydrogens (tertiary/aromatic N) is 8. The van der Waals surface area contributed by atoms with Crippen molar-refractivity contribution in [1.29, 1.82) is 5.26 Å². The van der Waals surface area contributed by atoms with E-state index in [2.05, 4.69) is 49.1 Å². The molecule has 5 saturated heterocycles. The van der Waals surface area contributed by atoms with E-state index >= 15 is 0 Å². The molecule has 12 heteroatoms. The summed E-state index contributed by atoms with van der Waals surface area (Å²) in [4.78, 5) is 16.5. The highest BCUT2D eigenvalue weighted by Gasteiger charge is 2.44. The molecule has 0 aromatic carbocycles. The van der Waals surface area contributed by atoms with Gasteiger partial charge in [-0.15, -0.1) is 0 Å². The highest BCUT2D eigenvalue weighted by Crippen LogP contribution is 2.36. The first-order valence-electron chi connectivity index (χ1n) is 15.6. The topological polar surface area (TPSA) is 114 Å². The molecule has 9 rings (SSSR count). The molecule has 5 aliphatic rings. The molecule has 45 heavy (non-hydrogen) atoms. The molecule has 232 valence electrons. The zero-order valence-corrected chi connectivity index (χ0v) is 25.3. The monoisotopic (exact) mass is 608 g/mol. The standard InChI is InChI=1S/C33H36N8O4/c1-42-32-5-2-22(13-36-32)16-40-25-10-26(40)18-39(17-25)31-4-3-23(14-35-31)28-11-27(19-41-33(28)24(12-34)15-37-41)43-7-6-38-20-29-30(21-38)45-9-8-44-29/h2-5,11,13-15,19,25-26,29-30H,6-10,16-18,20-21H2,1H3. The first-order valence-corrected chi connectivity index (χ1v) is 15.6. The zero-order chi connectivity index (χ0) is 30.3.